The molecule has 1 fully saturated rings. The van der Waals surface area contributed by atoms with Crippen LogP contribution in [-0.4, -0.2) is 64.8 Å². The van der Waals surface area contributed by atoms with Gasteiger partial charge in [-0.25, -0.2) is 9.67 Å². The third-order valence-electron chi connectivity index (χ3n) is 7.07. The number of aromatic nitrogens is 3. The maximum absolute atomic E-state index is 12.8. The lowest BCUT2D eigenvalue weighted by atomic mass is 9.99. The minimum absolute atomic E-state index is 0.0193. The number of amides is 2. The van der Waals surface area contributed by atoms with Crippen molar-refractivity contribution in [2.45, 2.75) is 52.0 Å². The van der Waals surface area contributed by atoms with E-state index in [-0.39, 0.29) is 17.9 Å². The number of rotatable bonds is 8. The maximum atomic E-state index is 12.8. The average Bonchev–Trinajstić information content (AvgIpc) is 3.20. The summed E-state index contributed by atoms with van der Waals surface area (Å²) in [5.41, 5.74) is 4.68. The topological polar surface area (TPSA) is 98.6 Å². The second kappa shape index (κ2) is 11.0. The first kappa shape index (κ1) is 25.5. The van der Waals surface area contributed by atoms with Crippen molar-refractivity contribution in [3.05, 3.63) is 46.6 Å². The Morgan fingerprint density at radius 3 is 2.53 bits per heavy atom. The van der Waals surface area contributed by atoms with Crippen LogP contribution in [0.3, 0.4) is 0 Å². The number of carbonyl (C=O) groups is 2. The van der Waals surface area contributed by atoms with Gasteiger partial charge in [0.1, 0.15) is 5.75 Å². The standard InChI is InChI=1S/C27H35N5O4/c1-17-21(18(2)28-26-25(17)27(36-5)30-31(26)3)10-11-23(33)29-20-12-14-32(15-13-20)24(34)16-19-8-6-7-9-22(19)35-4/h6-9,20H,10-16H2,1-5H3,(H,29,33). The summed E-state index contributed by atoms with van der Waals surface area (Å²) < 4.78 is 12.5. The average molecular weight is 494 g/mol. The lowest BCUT2D eigenvalue weighted by Gasteiger charge is -2.32. The molecule has 1 N–H and O–H groups in total. The van der Waals surface area contributed by atoms with Gasteiger partial charge in [-0.05, 0) is 50.3 Å². The molecule has 9 nitrogen and oxygen atoms in total. The number of aryl methyl sites for hydroxylation is 3. The van der Waals surface area contributed by atoms with E-state index in [1.54, 1.807) is 18.9 Å². The first-order valence-electron chi connectivity index (χ1n) is 12.4. The van der Waals surface area contributed by atoms with Crippen LogP contribution < -0.4 is 14.8 Å². The number of hydrogen-bond acceptors (Lipinski definition) is 6. The summed E-state index contributed by atoms with van der Waals surface area (Å²) >= 11 is 0. The summed E-state index contributed by atoms with van der Waals surface area (Å²) in [5.74, 6) is 1.39. The summed E-state index contributed by atoms with van der Waals surface area (Å²) in [6.45, 7) is 5.28. The van der Waals surface area contributed by atoms with Gasteiger partial charge in [0, 0.05) is 43.9 Å². The Labute approximate surface area is 211 Å². The molecule has 0 bridgehead atoms. The first-order chi connectivity index (χ1) is 17.3. The van der Waals surface area contributed by atoms with Gasteiger partial charge in [-0.1, -0.05) is 18.2 Å². The van der Waals surface area contributed by atoms with Crippen molar-refractivity contribution >= 4 is 22.8 Å². The van der Waals surface area contributed by atoms with E-state index in [0.717, 1.165) is 52.0 Å². The predicted molar refractivity (Wildman–Crippen MR) is 137 cm³/mol. The number of para-hydroxylation sites is 1. The van der Waals surface area contributed by atoms with Crippen LogP contribution >= 0.6 is 0 Å². The highest BCUT2D eigenvalue weighted by Crippen LogP contribution is 2.30. The third kappa shape index (κ3) is 5.29. The summed E-state index contributed by atoms with van der Waals surface area (Å²) in [5, 5.41) is 8.45. The van der Waals surface area contributed by atoms with Gasteiger partial charge in [0.2, 0.25) is 17.7 Å². The molecule has 1 saturated heterocycles. The first-order valence-corrected chi connectivity index (χ1v) is 12.4. The number of ether oxygens (including phenoxy) is 2. The lowest BCUT2D eigenvalue weighted by molar-refractivity contribution is -0.131. The normalized spacial score (nSPS) is 14.2. The van der Waals surface area contributed by atoms with E-state index < -0.39 is 0 Å². The van der Waals surface area contributed by atoms with E-state index in [4.69, 9.17) is 14.5 Å². The van der Waals surface area contributed by atoms with Crippen LogP contribution in [0.15, 0.2) is 24.3 Å². The van der Waals surface area contributed by atoms with Gasteiger partial charge in [0.15, 0.2) is 5.65 Å². The highest BCUT2D eigenvalue weighted by molar-refractivity contribution is 5.86. The number of nitrogens with one attached hydrogen (secondary N) is 1. The zero-order valence-corrected chi connectivity index (χ0v) is 21.8. The van der Waals surface area contributed by atoms with Crippen molar-refractivity contribution in [1.82, 2.24) is 25.0 Å². The number of benzene rings is 1. The van der Waals surface area contributed by atoms with Gasteiger partial charge in [-0.3, -0.25) is 9.59 Å². The Hall–Kier alpha value is -3.62. The van der Waals surface area contributed by atoms with Gasteiger partial charge >= 0.3 is 0 Å². The molecule has 0 aliphatic carbocycles. The van der Waals surface area contributed by atoms with Crippen LogP contribution in [0.5, 0.6) is 11.6 Å². The van der Waals surface area contributed by atoms with Crippen LogP contribution in [0.1, 0.15) is 41.6 Å². The molecule has 3 heterocycles. The molecule has 3 aromatic rings. The van der Waals surface area contributed by atoms with E-state index in [9.17, 15) is 9.59 Å². The number of methoxy groups -OCH3 is 2. The molecule has 4 rings (SSSR count). The van der Waals surface area contributed by atoms with Crippen LogP contribution in [0.25, 0.3) is 11.0 Å². The molecule has 0 saturated carbocycles. The van der Waals surface area contributed by atoms with Crippen LogP contribution in [0, 0.1) is 13.8 Å². The van der Waals surface area contributed by atoms with E-state index in [2.05, 4.69) is 10.4 Å². The molecule has 2 amide bonds. The Balaban J connectivity index is 1.29. The maximum Gasteiger partial charge on any atom is 0.242 e. The fraction of sp³-hybridized carbons (Fsp3) is 0.481. The molecule has 9 heteroatoms. The van der Waals surface area contributed by atoms with E-state index >= 15 is 0 Å². The van der Waals surface area contributed by atoms with E-state index in [1.165, 1.54) is 0 Å². The van der Waals surface area contributed by atoms with Crippen LogP contribution in [0.4, 0.5) is 0 Å². The second-order valence-corrected chi connectivity index (χ2v) is 9.34. The molecule has 0 radical (unpaired) electrons. The monoisotopic (exact) mass is 493 g/mol. The molecular formula is C27H35N5O4. The molecule has 1 aromatic carbocycles. The number of hydrogen-bond donors (Lipinski definition) is 1. The molecule has 0 unspecified atom stereocenters. The van der Waals surface area contributed by atoms with Gasteiger partial charge in [-0.2, -0.15) is 0 Å². The fourth-order valence-electron chi connectivity index (χ4n) is 5.04. The number of fused-ring (bicyclic) bond motifs is 1. The summed E-state index contributed by atoms with van der Waals surface area (Å²) in [7, 11) is 5.07. The smallest absolute Gasteiger partial charge is 0.242 e. The zero-order valence-electron chi connectivity index (χ0n) is 21.8. The van der Waals surface area contributed by atoms with Gasteiger partial charge < -0.3 is 19.7 Å². The number of pyridine rings is 1. The Morgan fingerprint density at radius 2 is 1.83 bits per heavy atom. The van der Waals surface area contributed by atoms with Gasteiger partial charge in [-0.15, -0.1) is 5.10 Å². The highest BCUT2D eigenvalue weighted by atomic mass is 16.5. The van der Waals surface area contributed by atoms with Crippen LogP contribution in [-0.2, 0) is 29.5 Å². The summed E-state index contributed by atoms with van der Waals surface area (Å²) in [4.78, 5) is 32.1. The van der Waals surface area contributed by atoms with Crippen molar-refractivity contribution in [1.29, 1.82) is 0 Å². The zero-order chi connectivity index (χ0) is 25.8. The largest absolute Gasteiger partial charge is 0.496 e. The Kier molecular flexibility index (Phi) is 7.76. The van der Waals surface area contributed by atoms with Crippen LogP contribution in [0.2, 0.25) is 0 Å². The lowest BCUT2D eigenvalue weighted by Crippen LogP contribution is -2.47. The van der Waals surface area contributed by atoms with Crippen molar-refractivity contribution < 1.29 is 19.1 Å². The Bertz CT molecular complexity index is 1260. The summed E-state index contributed by atoms with van der Waals surface area (Å²) in [6, 6.07) is 7.68. The molecule has 1 aliphatic heterocycles. The summed E-state index contributed by atoms with van der Waals surface area (Å²) in [6.07, 6.45) is 2.80. The molecule has 2 aromatic heterocycles. The number of likely N-dealkylation sites (tertiary alicyclic amines) is 1. The minimum Gasteiger partial charge on any atom is -0.496 e. The number of nitrogens with zero attached hydrogens (tertiary/aromatic N) is 4. The van der Waals surface area contributed by atoms with Gasteiger partial charge in [0.25, 0.3) is 0 Å². The van der Waals surface area contributed by atoms with Gasteiger partial charge in [0.05, 0.1) is 26.0 Å². The molecular weight excluding hydrogens is 458 g/mol. The van der Waals surface area contributed by atoms with E-state index in [1.807, 2.05) is 50.1 Å². The molecule has 192 valence electrons. The van der Waals surface area contributed by atoms with Crippen molar-refractivity contribution in [2.24, 2.45) is 7.05 Å². The molecule has 0 atom stereocenters. The van der Waals surface area contributed by atoms with Crippen molar-refractivity contribution in [3.8, 4) is 11.6 Å². The molecule has 0 spiro atoms. The number of carbonyl (C=O) groups excluding carboxylic acids is 2. The predicted octanol–water partition coefficient (Wildman–Crippen LogP) is 2.88. The van der Waals surface area contributed by atoms with Crippen molar-refractivity contribution in [2.75, 3.05) is 27.3 Å². The molecule has 1 aliphatic rings. The fourth-order valence-corrected chi connectivity index (χ4v) is 5.04. The molecule has 36 heavy (non-hydrogen) atoms. The van der Waals surface area contributed by atoms with Crippen molar-refractivity contribution in [3.63, 3.8) is 0 Å². The quantitative estimate of drug-likeness (QED) is 0.518. The minimum atomic E-state index is 0.0193. The third-order valence-corrected chi connectivity index (χ3v) is 7.07. The van der Waals surface area contributed by atoms with E-state index in [0.29, 0.717) is 38.2 Å². The number of piperidine rings is 1. The Morgan fingerprint density at radius 1 is 1.11 bits per heavy atom. The second-order valence-electron chi connectivity index (χ2n) is 9.34. The highest BCUT2D eigenvalue weighted by Gasteiger charge is 2.25. The SMILES string of the molecule is COc1ccccc1CC(=O)N1CCC(NC(=O)CCc2c(C)nc3c(c(OC)nn3C)c2C)CC1.